The van der Waals surface area contributed by atoms with Crippen molar-refractivity contribution in [2.24, 2.45) is 0 Å². The number of benzene rings is 1. The molecule has 2 heteroatoms. The molecule has 3 aromatic rings. The molecule has 0 unspecified atom stereocenters. The predicted molar refractivity (Wildman–Crippen MR) is 106 cm³/mol. The van der Waals surface area contributed by atoms with Gasteiger partial charge in [0.25, 0.3) is 0 Å². The van der Waals surface area contributed by atoms with Gasteiger partial charge in [-0.05, 0) is 80.7 Å². The Kier molecular flexibility index (Phi) is 4.97. The van der Waals surface area contributed by atoms with Crippen LogP contribution in [-0.2, 0) is 12.8 Å². The summed E-state index contributed by atoms with van der Waals surface area (Å²) in [5.41, 5.74) is 6.43. The van der Waals surface area contributed by atoms with E-state index in [-0.39, 0.29) is 0 Å². The molecule has 26 heavy (non-hydrogen) atoms. The molecular weight excluding hydrogens is 320 g/mol. The number of hydrogen-bond donors (Lipinski definition) is 0. The van der Waals surface area contributed by atoms with Crippen molar-refractivity contribution in [1.29, 1.82) is 0 Å². The lowest BCUT2D eigenvalue weighted by Gasteiger charge is -2.14. The van der Waals surface area contributed by atoms with Crippen molar-refractivity contribution in [3.8, 4) is 12.3 Å². The second-order valence-electron chi connectivity index (χ2n) is 7.04. The van der Waals surface area contributed by atoms with E-state index in [1.165, 1.54) is 60.6 Å². The van der Waals surface area contributed by atoms with E-state index in [0.29, 0.717) is 0 Å². The number of fused-ring (bicyclic) bond motifs is 3. The number of hydrogen-bond acceptors (Lipinski definition) is 2. The Morgan fingerprint density at radius 3 is 2.50 bits per heavy atom. The lowest BCUT2D eigenvalue weighted by atomic mass is 9.91. The van der Waals surface area contributed by atoms with Gasteiger partial charge in [-0.2, -0.15) is 0 Å². The maximum Gasteiger partial charge on any atom is 0.137 e. The summed E-state index contributed by atoms with van der Waals surface area (Å²) in [6.45, 7) is 0. The second kappa shape index (κ2) is 7.70. The van der Waals surface area contributed by atoms with E-state index in [4.69, 9.17) is 15.3 Å². The summed E-state index contributed by atoms with van der Waals surface area (Å²) in [5, 5.41) is 1.25. The van der Waals surface area contributed by atoms with Gasteiger partial charge in [0.15, 0.2) is 0 Å². The third kappa shape index (κ3) is 3.35. The molecule has 0 fully saturated rings. The Hall–Kier alpha value is -2.66. The van der Waals surface area contributed by atoms with Gasteiger partial charge in [-0.1, -0.05) is 18.1 Å². The van der Waals surface area contributed by atoms with Gasteiger partial charge in [0.1, 0.15) is 11.3 Å². The zero-order valence-corrected chi connectivity index (χ0v) is 15.1. The van der Waals surface area contributed by atoms with E-state index in [1.807, 2.05) is 18.2 Å². The average molecular weight is 344 g/mol. The molecule has 1 aromatic carbocycles. The molecule has 2 aliphatic rings. The van der Waals surface area contributed by atoms with Crippen molar-refractivity contribution < 1.29 is 8.83 Å². The largest absolute Gasteiger partial charge is 0.465 e. The van der Waals surface area contributed by atoms with Crippen LogP contribution in [0.4, 0.5) is 0 Å². The van der Waals surface area contributed by atoms with E-state index in [1.54, 1.807) is 12.5 Å². The molecule has 0 amide bonds. The van der Waals surface area contributed by atoms with Crippen LogP contribution in [0.1, 0.15) is 55.4 Å². The van der Waals surface area contributed by atoms with Crippen LogP contribution < -0.4 is 0 Å². The fraction of sp³-hybridized carbons (Fsp3) is 0.333. The number of terminal acetylenes is 1. The molecule has 0 bridgehead atoms. The Labute approximate surface area is 154 Å². The quantitative estimate of drug-likeness (QED) is 0.468. The van der Waals surface area contributed by atoms with Gasteiger partial charge in [-0.15, -0.1) is 6.42 Å². The highest BCUT2D eigenvalue weighted by Crippen LogP contribution is 2.32. The Morgan fingerprint density at radius 2 is 1.65 bits per heavy atom. The molecule has 0 aliphatic heterocycles. The van der Waals surface area contributed by atoms with Crippen LogP contribution in [0.3, 0.4) is 0 Å². The van der Waals surface area contributed by atoms with Crippen molar-refractivity contribution in [2.45, 2.75) is 51.4 Å². The van der Waals surface area contributed by atoms with Gasteiger partial charge in [-0.3, -0.25) is 0 Å². The summed E-state index contributed by atoms with van der Waals surface area (Å²) in [6, 6.07) is 10.4. The minimum atomic E-state index is 0.952. The van der Waals surface area contributed by atoms with E-state index in [0.717, 1.165) is 29.8 Å². The van der Waals surface area contributed by atoms with Crippen LogP contribution in [0.2, 0.25) is 0 Å². The van der Waals surface area contributed by atoms with Gasteiger partial charge in [0.05, 0.1) is 12.5 Å². The molecule has 2 heterocycles. The number of furan rings is 2. The molecule has 0 radical (unpaired) electrons. The minimum absolute atomic E-state index is 0.952. The number of aryl methyl sites for hydroxylation is 2. The molecule has 0 atom stereocenters. The zero-order valence-electron chi connectivity index (χ0n) is 15.1. The summed E-state index contributed by atoms with van der Waals surface area (Å²) in [7, 11) is 0. The monoisotopic (exact) mass is 344 g/mol. The van der Waals surface area contributed by atoms with Gasteiger partial charge < -0.3 is 8.83 Å². The molecule has 2 aromatic heterocycles. The van der Waals surface area contributed by atoms with Crippen LogP contribution in [0, 0.1) is 12.3 Å². The lowest BCUT2D eigenvalue weighted by Crippen LogP contribution is -2.01. The van der Waals surface area contributed by atoms with Crippen LogP contribution in [0.15, 0.2) is 57.3 Å². The van der Waals surface area contributed by atoms with E-state index in [2.05, 4.69) is 18.1 Å². The van der Waals surface area contributed by atoms with Crippen LogP contribution >= 0.6 is 0 Å². The predicted octanol–water partition coefficient (Wildman–Crippen LogP) is 6.55. The van der Waals surface area contributed by atoms with Gasteiger partial charge >= 0.3 is 0 Å². The zero-order chi connectivity index (χ0) is 17.8. The normalized spacial score (nSPS) is 16.6. The van der Waals surface area contributed by atoms with E-state index >= 15 is 0 Å². The summed E-state index contributed by atoms with van der Waals surface area (Å²) in [6.07, 6.45) is 18.5. The topological polar surface area (TPSA) is 26.3 Å². The first-order valence-corrected chi connectivity index (χ1v) is 9.57. The molecule has 0 saturated heterocycles. The second-order valence-corrected chi connectivity index (χ2v) is 7.04. The van der Waals surface area contributed by atoms with Crippen molar-refractivity contribution >= 4 is 16.5 Å². The molecule has 5 rings (SSSR count). The average Bonchev–Trinajstić information content (AvgIpc) is 3.40. The fourth-order valence-electron chi connectivity index (χ4n) is 4.04. The SMILES string of the molecule is C#CC1=C(c2ccco2)CCCC1.c1cc2ccc3c(c2o1)CCCC3. The first-order chi connectivity index (χ1) is 12.9. The maximum atomic E-state index is 5.52. The minimum Gasteiger partial charge on any atom is -0.465 e. The van der Waals surface area contributed by atoms with E-state index < -0.39 is 0 Å². The number of rotatable bonds is 1. The summed E-state index contributed by atoms with van der Waals surface area (Å²) in [4.78, 5) is 0. The Bertz CT molecular complexity index is 948. The van der Waals surface area contributed by atoms with Crippen molar-refractivity contribution in [3.05, 3.63) is 65.3 Å². The standard InChI is InChI=1S/2C12H12O/c1-2-4-11-9(3-1)5-6-10-7-8-13-12(10)11;1-2-10-6-3-4-7-11(10)12-8-5-9-13-12/h5-8H,1-4H2;1,5,8-9H,3-4,6-7H2. The molecule has 132 valence electrons. The van der Waals surface area contributed by atoms with Crippen LogP contribution in [0.25, 0.3) is 16.5 Å². The highest BCUT2D eigenvalue weighted by Gasteiger charge is 2.15. The summed E-state index contributed by atoms with van der Waals surface area (Å²) in [5.74, 6) is 3.71. The highest BCUT2D eigenvalue weighted by molar-refractivity contribution is 5.81. The van der Waals surface area contributed by atoms with Gasteiger partial charge in [0, 0.05) is 16.5 Å². The van der Waals surface area contributed by atoms with E-state index in [9.17, 15) is 0 Å². The highest BCUT2D eigenvalue weighted by atomic mass is 16.3. The molecular formula is C24H24O2. The van der Waals surface area contributed by atoms with Gasteiger partial charge in [0.2, 0.25) is 0 Å². The van der Waals surface area contributed by atoms with Crippen LogP contribution in [-0.4, -0.2) is 0 Å². The number of allylic oxidation sites excluding steroid dienone is 2. The molecule has 0 N–H and O–H groups in total. The first kappa shape index (κ1) is 16.8. The third-order valence-electron chi connectivity index (χ3n) is 5.41. The molecule has 0 saturated carbocycles. The Balaban J connectivity index is 0.000000129. The van der Waals surface area contributed by atoms with Crippen molar-refractivity contribution in [3.63, 3.8) is 0 Å². The summed E-state index contributed by atoms with van der Waals surface area (Å²) >= 11 is 0. The fourth-order valence-corrected chi connectivity index (χ4v) is 4.04. The Morgan fingerprint density at radius 1 is 0.808 bits per heavy atom. The third-order valence-corrected chi connectivity index (χ3v) is 5.41. The molecule has 2 nitrogen and oxygen atoms in total. The van der Waals surface area contributed by atoms with Crippen molar-refractivity contribution in [1.82, 2.24) is 0 Å². The molecule has 0 spiro atoms. The molecule has 2 aliphatic carbocycles. The van der Waals surface area contributed by atoms with Gasteiger partial charge in [-0.25, -0.2) is 0 Å². The maximum absolute atomic E-state index is 5.52. The smallest absolute Gasteiger partial charge is 0.137 e. The van der Waals surface area contributed by atoms with Crippen LogP contribution in [0.5, 0.6) is 0 Å². The summed E-state index contributed by atoms with van der Waals surface area (Å²) < 4.78 is 10.9. The lowest BCUT2D eigenvalue weighted by molar-refractivity contribution is 0.544. The first-order valence-electron chi connectivity index (χ1n) is 9.57. The van der Waals surface area contributed by atoms with Crippen molar-refractivity contribution in [2.75, 3.05) is 0 Å².